The van der Waals surface area contributed by atoms with Gasteiger partial charge in [0.05, 0.1) is 5.02 Å². The van der Waals surface area contributed by atoms with Gasteiger partial charge in [0.1, 0.15) is 0 Å². The van der Waals surface area contributed by atoms with Crippen LogP contribution in [0.1, 0.15) is 31.2 Å². The number of carbonyl (C=O) groups is 1. The molecule has 0 atom stereocenters. The highest BCUT2D eigenvalue weighted by molar-refractivity contribution is 9.10. The van der Waals surface area contributed by atoms with Gasteiger partial charge in [-0.3, -0.25) is 0 Å². The minimum absolute atomic E-state index is 0.150. The van der Waals surface area contributed by atoms with Crippen molar-refractivity contribution in [1.82, 2.24) is 5.32 Å². The van der Waals surface area contributed by atoms with E-state index in [1.165, 1.54) is 12.8 Å². The number of hydrogen-bond acceptors (Lipinski definition) is 1. The van der Waals surface area contributed by atoms with Crippen LogP contribution in [0.15, 0.2) is 16.6 Å². The highest BCUT2D eigenvalue weighted by Gasteiger charge is 2.17. The zero-order valence-corrected chi connectivity index (χ0v) is 12.6. The molecule has 0 unspecified atom stereocenters. The van der Waals surface area contributed by atoms with E-state index in [1.807, 2.05) is 13.0 Å². The van der Waals surface area contributed by atoms with E-state index in [0.717, 1.165) is 28.6 Å². The number of nitrogens with one attached hydrogen (secondary N) is 2. The van der Waals surface area contributed by atoms with Crippen molar-refractivity contribution in [3.8, 4) is 0 Å². The molecule has 0 radical (unpaired) electrons. The summed E-state index contributed by atoms with van der Waals surface area (Å²) in [5.41, 5.74) is 1.73. The van der Waals surface area contributed by atoms with Crippen LogP contribution in [0.3, 0.4) is 0 Å². The molecule has 0 aliphatic heterocycles. The van der Waals surface area contributed by atoms with Gasteiger partial charge in [-0.05, 0) is 53.4 Å². The molecule has 1 saturated carbocycles. The molecular formula is C13H16BrClN2O. The van der Waals surface area contributed by atoms with Crippen molar-refractivity contribution in [1.29, 1.82) is 0 Å². The van der Waals surface area contributed by atoms with Gasteiger partial charge in [-0.2, -0.15) is 0 Å². The Morgan fingerprint density at radius 1 is 1.39 bits per heavy atom. The quantitative estimate of drug-likeness (QED) is 0.824. The third-order valence-corrected chi connectivity index (χ3v) is 4.40. The normalized spacial score (nSPS) is 15.7. The van der Waals surface area contributed by atoms with E-state index in [9.17, 15) is 4.79 Å². The first-order valence-corrected chi connectivity index (χ1v) is 7.26. The molecule has 0 aromatic heterocycles. The Morgan fingerprint density at radius 2 is 2.06 bits per heavy atom. The van der Waals surface area contributed by atoms with Gasteiger partial charge >= 0.3 is 6.03 Å². The molecule has 1 aliphatic carbocycles. The summed E-state index contributed by atoms with van der Waals surface area (Å²) in [6, 6.07) is 3.82. The van der Waals surface area contributed by atoms with Crippen molar-refractivity contribution in [3.63, 3.8) is 0 Å². The number of rotatable bonds is 2. The van der Waals surface area contributed by atoms with Crippen molar-refractivity contribution in [2.24, 2.45) is 0 Å². The van der Waals surface area contributed by atoms with Crippen LogP contribution in [-0.2, 0) is 0 Å². The van der Waals surface area contributed by atoms with Crippen LogP contribution in [0.4, 0.5) is 10.5 Å². The van der Waals surface area contributed by atoms with Crippen molar-refractivity contribution in [2.75, 3.05) is 5.32 Å². The van der Waals surface area contributed by atoms with E-state index in [-0.39, 0.29) is 6.03 Å². The fourth-order valence-corrected chi connectivity index (χ4v) is 2.82. The molecule has 1 fully saturated rings. The van der Waals surface area contributed by atoms with E-state index in [1.54, 1.807) is 6.07 Å². The lowest BCUT2D eigenvalue weighted by Gasteiger charge is -2.14. The van der Waals surface area contributed by atoms with Crippen molar-refractivity contribution in [3.05, 3.63) is 27.2 Å². The van der Waals surface area contributed by atoms with Gasteiger partial charge in [0, 0.05) is 16.2 Å². The molecule has 2 amide bonds. The van der Waals surface area contributed by atoms with Crippen LogP contribution < -0.4 is 10.6 Å². The number of urea groups is 1. The van der Waals surface area contributed by atoms with Gasteiger partial charge < -0.3 is 10.6 Å². The summed E-state index contributed by atoms with van der Waals surface area (Å²) >= 11 is 9.38. The molecule has 0 heterocycles. The van der Waals surface area contributed by atoms with Crippen LogP contribution in [0.2, 0.25) is 5.02 Å². The second-order valence-corrected chi connectivity index (χ2v) is 5.92. The summed E-state index contributed by atoms with van der Waals surface area (Å²) in [4.78, 5) is 11.8. The molecular weight excluding hydrogens is 316 g/mol. The Labute approximate surface area is 120 Å². The predicted octanol–water partition coefficient (Wildman–Crippen LogP) is 4.48. The molecule has 2 rings (SSSR count). The van der Waals surface area contributed by atoms with Gasteiger partial charge in [0.15, 0.2) is 0 Å². The Balaban J connectivity index is 2.00. The Morgan fingerprint density at radius 3 is 2.72 bits per heavy atom. The number of anilines is 1. The fraction of sp³-hybridized carbons (Fsp3) is 0.462. The van der Waals surface area contributed by atoms with E-state index < -0.39 is 0 Å². The summed E-state index contributed by atoms with van der Waals surface area (Å²) in [5, 5.41) is 6.43. The third-order valence-electron chi connectivity index (χ3n) is 3.21. The molecule has 1 aromatic carbocycles. The van der Waals surface area contributed by atoms with Gasteiger partial charge in [0.25, 0.3) is 0 Å². The third kappa shape index (κ3) is 3.39. The number of amides is 2. The van der Waals surface area contributed by atoms with E-state index in [4.69, 9.17) is 11.6 Å². The number of halogens is 2. The van der Waals surface area contributed by atoms with Crippen LogP contribution in [-0.4, -0.2) is 12.1 Å². The number of benzene rings is 1. The average molecular weight is 332 g/mol. The molecule has 1 aromatic rings. The summed E-state index contributed by atoms with van der Waals surface area (Å²) in [6.45, 7) is 1.94. The molecule has 0 spiro atoms. The topological polar surface area (TPSA) is 41.1 Å². The number of aryl methyl sites for hydroxylation is 1. The first-order chi connectivity index (χ1) is 8.56. The minimum Gasteiger partial charge on any atom is -0.335 e. The highest BCUT2D eigenvalue weighted by atomic mass is 79.9. The molecule has 98 valence electrons. The average Bonchev–Trinajstić information content (AvgIpc) is 2.78. The van der Waals surface area contributed by atoms with E-state index >= 15 is 0 Å². The Hall–Kier alpha value is -0.740. The summed E-state index contributed by atoms with van der Waals surface area (Å²) in [7, 11) is 0. The van der Waals surface area contributed by atoms with Crippen LogP contribution >= 0.6 is 27.5 Å². The first kappa shape index (κ1) is 13.7. The van der Waals surface area contributed by atoms with E-state index in [0.29, 0.717) is 11.1 Å². The number of hydrogen-bond donors (Lipinski definition) is 2. The smallest absolute Gasteiger partial charge is 0.319 e. The standard InChI is InChI=1S/C13H16BrClN2O/c1-8-6-10(14)11(15)7-12(8)17-13(18)16-9-4-2-3-5-9/h6-7,9H,2-5H2,1H3,(H2,16,17,18). The molecule has 0 saturated heterocycles. The molecule has 1 aliphatic rings. The summed E-state index contributed by atoms with van der Waals surface area (Å²) in [6.07, 6.45) is 4.56. The van der Waals surface area contributed by atoms with Gasteiger partial charge in [-0.15, -0.1) is 0 Å². The van der Waals surface area contributed by atoms with Crippen LogP contribution in [0.5, 0.6) is 0 Å². The maximum Gasteiger partial charge on any atom is 0.319 e. The summed E-state index contributed by atoms with van der Waals surface area (Å²) < 4.78 is 0.836. The Bertz CT molecular complexity index is 459. The first-order valence-electron chi connectivity index (χ1n) is 6.09. The molecule has 18 heavy (non-hydrogen) atoms. The van der Waals surface area contributed by atoms with Gasteiger partial charge in [-0.25, -0.2) is 4.79 Å². The maximum atomic E-state index is 11.8. The lowest BCUT2D eigenvalue weighted by atomic mass is 10.2. The minimum atomic E-state index is -0.150. The van der Waals surface area contributed by atoms with Gasteiger partial charge in [0.2, 0.25) is 0 Å². The fourth-order valence-electron chi connectivity index (χ4n) is 2.19. The lowest BCUT2D eigenvalue weighted by molar-refractivity contribution is 0.248. The molecule has 2 N–H and O–H groups in total. The second-order valence-electron chi connectivity index (χ2n) is 4.66. The Kier molecular flexibility index (Phi) is 4.51. The largest absolute Gasteiger partial charge is 0.335 e. The monoisotopic (exact) mass is 330 g/mol. The predicted molar refractivity (Wildman–Crippen MR) is 78.3 cm³/mol. The molecule has 0 bridgehead atoms. The van der Waals surface area contributed by atoms with E-state index in [2.05, 4.69) is 26.6 Å². The zero-order valence-electron chi connectivity index (χ0n) is 10.2. The van der Waals surface area contributed by atoms with Crippen molar-refractivity contribution < 1.29 is 4.79 Å². The number of carbonyl (C=O) groups excluding carboxylic acids is 1. The lowest BCUT2D eigenvalue weighted by Crippen LogP contribution is -2.36. The molecule has 3 nitrogen and oxygen atoms in total. The summed E-state index contributed by atoms with van der Waals surface area (Å²) in [5.74, 6) is 0. The van der Waals surface area contributed by atoms with Crippen molar-refractivity contribution >= 4 is 39.2 Å². The zero-order chi connectivity index (χ0) is 13.1. The van der Waals surface area contributed by atoms with Gasteiger partial charge in [-0.1, -0.05) is 24.4 Å². The van der Waals surface area contributed by atoms with Crippen molar-refractivity contribution in [2.45, 2.75) is 38.6 Å². The van der Waals surface area contributed by atoms with Crippen LogP contribution in [0, 0.1) is 6.92 Å². The maximum absolute atomic E-state index is 11.8. The second kappa shape index (κ2) is 5.93. The molecule has 5 heteroatoms. The SMILES string of the molecule is Cc1cc(Br)c(Cl)cc1NC(=O)NC1CCCC1. The highest BCUT2D eigenvalue weighted by Crippen LogP contribution is 2.29. The van der Waals surface area contributed by atoms with Crippen LogP contribution in [0.25, 0.3) is 0 Å².